The molecule has 170 valence electrons. The van der Waals surface area contributed by atoms with Crippen molar-refractivity contribution in [3.05, 3.63) is 105 Å². The number of non-ortho nitro benzene ring substituents is 2. The van der Waals surface area contributed by atoms with Gasteiger partial charge in [0.1, 0.15) is 0 Å². The maximum atomic E-state index is 11.4. The molecule has 3 aromatic rings. The Morgan fingerprint density at radius 1 is 0.853 bits per heavy atom. The number of nitriles is 1. The van der Waals surface area contributed by atoms with E-state index in [4.69, 9.17) is 4.74 Å². The minimum atomic E-state index is -0.787. The molecule has 0 spiro atoms. The molecule has 34 heavy (non-hydrogen) atoms. The molecule has 0 heterocycles. The Labute approximate surface area is 207 Å². The summed E-state index contributed by atoms with van der Waals surface area (Å²) in [6, 6.07) is 13.8. The third-order valence-corrected chi connectivity index (χ3v) is 5.58. The largest absolute Gasteiger partial charge is 0.448 e. The van der Waals surface area contributed by atoms with Crippen LogP contribution in [0.25, 0.3) is 11.6 Å². The first-order chi connectivity index (χ1) is 16.1. The number of allylic oxidation sites excluding steroid dienone is 1. The molecule has 3 aromatic carbocycles. The highest BCUT2D eigenvalue weighted by molar-refractivity contribution is 9.11. The molecule has 0 amide bonds. The molecule has 0 aliphatic heterocycles. The third kappa shape index (κ3) is 5.42. The number of benzene rings is 3. The molecule has 11 nitrogen and oxygen atoms in total. The second-order valence-corrected chi connectivity index (χ2v) is 8.26. The monoisotopic (exact) mass is 588 g/mol. The molecule has 0 fully saturated rings. The van der Waals surface area contributed by atoms with E-state index < -0.39 is 26.1 Å². The first-order valence-electron chi connectivity index (χ1n) is 9.07. The Hall–Kier alpha value is -4.15. The Bertz CT molecular complexity index is 1380. The SMILES string of the molecule is N#C/C(=C\c1cc(Br)c(Oc2ccc([N+](=O)[O-])cc2[N+](=O)[O-])c(Br)c1)c1ccc([N+](=O)[O-])cc1. The fraction of sp³-hybridized carbons (Fsp3) is 0. The lowest BCUT2D eigenvalue weighted by molar-refractivity contribution is -0.394. The van der Waals surface area contributed by atoms with Crippen LogP contribution in [0.3, 0.4) is 0 Å². The summed E-state index contributed by atoms with van der Waals surface area (Å²) < 4.78 is 6.42. The standard InChI is InChI=1S/C21H10Br2N4O7/c22-17-8-12(7-14(11-24)13-1-3-15(4-2-13)25(28)29)9-18(23)21(17)34-20-6-5-16(26(30)31)10-19(20)27(32)33/h1-10H/b14-7+. The Morgan fingerprint density at radius 3 is 1.91 bits per heavy atom. The average Bonchev–Trinajstić information content (AvgIpc) is 2.79. The minimum Gasteiger partial charge on any atom is -0.448 e. The molecule has 3 rings (SSSR count). The van der Waals surface area contributed by atoms with Gasteiger partial charge in [0, 0.05) is 18.2 Å². The maximum Gasteiger partial charge on any atom is 0.318 e. The summed E-state index contributed by atoms with van der Waals surface area (Å²) in [5, 5.41) is 42.6. The van der Waals surface area contributed by atoms with Crippen molar-refractivity contribution >= 4 is 60.6 Å². The van der Waals surface area contributed by atoms with Gasteiger partial charge >= 0.3 is 5.69 Å². The van der Waals surface area contributed by atoms with E-state index in [1.165, 1.54) is 24.3 Å². The van der Waals surface area contributed by atoms with E-state index in [0.717, 1.165) is 18.2 Å². The molecule has 0 bridgehead atoms. The van der Waals surface area contributed by atoms with Crippen molar-refractivity contribution < 1.29 is 19.5 Å². The van der Waals surface area contributed by atoms with Gasteiger partial charge in [0.05, 0.1) is 41.4 Å². The van der Waals surface area contributed by atoms with Crippen molar-refractivity contribution in [2.45, 2.75) is 0 Å². The summed E-state index contributed by atoms with van der Waals surface area (Å²) >= 11 is 6.66. The van der Waals surface area contributed by atoms with E-state index in [9.17, 15) is 35.6 Å². The fourth-order valence-electron chi connectivity index (χ4n) is 2.83. The summed E-state index contributed by atoms with van der Waals surface area (Å²) in [7, 11) is 0. The summed E-state index contributed by atoms with van der Waals surface area (Å²) in [6.07, 6.45) is 1.55. The van der Waals surface area contributed by atoms with Crippen LogP contribution in [0.1, 0.15) is 11.1 Å². The van der Waals surface area contributed by atoms with Gasteiger partial charge in [0.2, 0.25) is 5.75 Å². The molecule has 0 radical (unpaired) electrons. The lowest BCUT2D eigenvalue weighted by atomic mass is 10.0. The molecule has 0 saturated carbocycles. The number of hydrogen-bond acceptors (Lipinski definition) is 8. The summed E-state index contributed by atoms with van der Waals surface area (Å²) in [6.45, 7) is 0. The van der Waals surface area contributed by atoms with Gasteiger partial charge in [0.15, 0.2) is 5.75 Å². The van der Waals surface area contributed by atoms with Crippen LogP contribution in [0.5, 0.6) is 11.5 Å². The molecule has 0 aliphatic rings. The molecule has 13 heteroatoms. The van der Waals surface area contributed by atoms with E-state index in [0.29, 0.717) is 20.1 Å². The molecule has 0 aromatic heterocycles. The number of nitrogens with zero attached hydrogens (tertiary/aromatic N) is 4. The maximum absolute atomic E-state index is 11.4. The predicted octanol–water partition coefficient (Wildman–Crippen LogP) is 6.79. The molecule has 0 aliphatic carbocycles. The van der Waals surface area contributed by atoms with Gasteiger partial charge in [-0.1, -0.05) is 0 Å². The van der Waals surface area contributed by atoms with Crippen molar-refractivity contribution in [3.8, 4) is 17.6 Å². The predicted molar refractivity (Wildman–Crippen MR) is 128 cm³/mol. The van der Waals surface area contributed by atoms with Crippen molar-refractivity contribution in [3.63, 3.8) is 0 Å². The van der Waals surface area contributed by atoms with Crippen molar-refractivity contribution in [2.75, 3.05) is 0 Å². The van der Waals surface area contributed by atoms with Crippen LogP contribution in [0.15, 0.2) is 63.5 Å². The minimum absolute atomic E-state index is 0.103. The molecular weight excluding hydrogens is 580 g/mol. The zero-order valence-electron chi connectivity index (χ0n) is 16.7. The van der Waals surface area contributed by atoms with Crippen LogP contribution in [-0.4, -0.2) is 14.8 Å². The van der Waals surface area contributed by atoms with Crippen LogP contribution >= 0.6 is 31.9 Å². The van der Waals surface area contributed by atoms with Gasteiger partial charge in [-0.25, -0.2) is 0 Å². The Morgan fingerprint density at radius 2 is 1.41 bits per heavy atom. The number of nitro groups is 3. The van der Waals surface area contributed by atoms with Gasteiger partial charge in [-0.3, -0.25) is 30.3 Å². The number of nitro benzene ring substituents is 3. The summed E-state index contributed by atoms with van der Waals surface area (Å²) in [4.78, 5) is 31.0. The number of rotatable bonds is 7. The molecule has 0 N–H and O–H groups in total. The van der Waals surface area contributed by atoms with Crippen LogP contribution in [0, 0.1) is 41.7 Å². The average molecular weight is 590 g/mol. The van der Waals surface area contributed by atoms with Crippen molar-refractivity contribution in [2.24, 2.45) is 0 Å². The second-order valence-electron chi connectivity index (χ2n) is 6.56. The quantitative estimate of drug-likeness (QED) is 0.126. The Balaban J connectivity index is 1.96. The zero-order chi connectivity index (χ0) is 25.0. The van der Waals surface area contributed by atoms with Crippen molar-refractivity contribution in [1.29, 1.82) is 5.26 Å². The van der Waals surface area contributed by atoms with Gasteiger partial charge in [-0.2, -0.15) is 5.26 Å². The van der Waals surface area contributed by atoms with Gasteiger partial charge < -0.3 is 4.74 Å². The van der Waals surface area contributed by atoms with Gasteiger partial charge in [0.25, 0.3) is 11.4 Å². The molecule has 0 atom stereocenters. The van der Waals surface area contributed by atoms with E-state index in [1.807, 2.05) is 6.07 Å². The molecule has 0 unspecified atom stereocenters. The molecule has 0 saturated heterocycles. The van der Waals surface area contributed by atoms with Crippen LogP contribution in [-0.2, 0) is 0 Å². The van der Waals surface area contributed by atoms with E-state index in [2.05, 4.69) is 31.9 Å². The Kier molecular flexibility index (Phi) is 7.34. The lowest BCUT2D eigenvalue weighted by Crippen LogP contribution is -1.97. The summed E-state index contributed by atoms with van der Waals surface area (Å²) in [5.74, 6) is -0.0353. The van der Waals surface area contributed by atoms with E-state index in [1.54, 1.807) is 18.2 Å². The van der Waals surface area contributed by atoms with E-state index in [-0.39, 0.29) is 22.8 Å². The van der Waals surface area contributed by atoms with Crippen LogP contribution in [0.4, 0.5) is 17.1 Å². The summed E-state index contributed by atoms with van der Waals surface area (Å²) in [5.41, 5.74) is 0.137. The van der Waals surface area contributed by atoms with Gasteiger partial charge in [-0.15, -0.1) is 0 Å². The fourth-order valence-corrected chi connectivity index (χ4v) is 4.21. The smallest absolute Gasteiger partial charge is 0.318 e. The third-order valence-electron chi connectivity index (χ3n) is 4.40. The van der Waals surface area contributed by atoms with E-state index >= 15 is 0 Å². The molecular formula is C21H10Br2N4O7. The number of halogens is 2. The first kappa shape index (κ1) is 24.5. The van der Waals surface area contributed by atoms with Crippen molar-refractivity contribution in [1.82, 2.24) is 0 Å². The second kappa shape index (κ2) is 10.2. The number of hydrogen-bond donors (Lipinski definition) is 0. The van der Waals surface area contributed by atoms with Gasteiger partial charge in [-0.05, 0) is 79.4 Å². The highest BCUT2D eigenvalue weighted by atomic mass is 79.9. The lowest BCUT2D eigenvalue weighted by Gasteiger charge is -2.11. The van der Waals surface area contributed by atoms with Crippen LogP contribution < -0.4 is 4.74 Å². The zero-order valence-corrected chi connectivity index (χ0v) is 19.8. The normalized spacial score (nSPS) is 10.9. The highest BCUT2D eigenvalue weighted by Crippen LogP contribution is 2.42. The topological polar surface area (TPSA) is 162 Å². The van der Waals surface area contributed by atoms with Crippen LogP contribution in [0.2, 0.25) is 0 Å². The number of ether oxygens (including phenoxy) is 1. The highest BCUT2D eigenvalue weighted by Gasteiger charge is 2.23. The first-order valence-corrected chi connectivity index (χ1v) is 10.7.